The molecule has 1 aliphatic rings. The number of nitriles is 1. The van der Waals surface area contributed by atoms with Crippen molar-refractivity contribution < 1.29 is 13.3 Å². The molecule has 0 saturated carbocycles. The van der Waals surface area contributed by atoms with Gasteiger partial charge in [0.25, 0.3) is 0 Å². The fourth-order valence-electron chi connectivity index (χ4n) is 4.23. The lowest BCUT2D eigenvalue weighted by Crippen LogP contribution is -2.34. The first kappa shape index (κ1) is 24.5. The first-order valence-electron chi connectivity index (χ1n) is 12.0. The Labute approximate surface area is 203 Å². The number of nitrogens with zero attached hydrogens (tertiary/aromatic N) is 6. The Morgan fingerprint density at radius 3 is 2.49 bits per heavy atom. The third kappa shape index (κ3) is 6.29. The number of anilines is 2. The van der Waals surface area contributed by atoms with E-state index in [9.17, 15) is 8.78 Å². The molecule has 1 N–H and O–H groups in total. The molecule has 3 heterocycles. The highest BCUT2D eigenvalue weighted by atomic mass is 19.1. The molecule has 0 aliphatic carbocycles. The maximum Gasteiger partial charge on any atom is 0.227 e. The molecular weight excluding hydrogens is 452 g/mol. The van der Waals surface area contributed by atoms with Gasteiger partial charge in [-0.05, 0) is 49.7 Å². The Kier molecular flexibility index (Phi) is 7.85. The second kappa shape index (κ2) is 11.2. The summed E-state index contributed by atoms with van der Waals surface area (Å²) in [6.45, 7) is 6.58. The van der Waals surface area contributed by atoms with Crippen molar-refractivity contribution in [1.82, 2.24) is 20.1 Å². The quantitative estimate of drug-likeness (QED) is 0.427. The Bertz CT molecular complexity index is 1140. The van der Waals surface area contributed by atoms with E-state index in [0.717, 1.165) is 62.9 Å². The highest BCUT2D eigenvalue weighted by Gasteiger charge is 2.21. The van der Waals surface area contributed by atoms with Crippen molar-refractivity contribution in [2.24, 2.45) is 11.8 Å². The molecule has 1 fully saturated rings. The van der Waals surface area contributed by atoms with Crippen LogP contribution < -0.4 is 10.2 Å². The van der Waals surface area contributed by atoms with Crippen molar-refractivity contribution in [2.75, 3.05) is 29.9 Å². The predicted octanol–water partition coefficient (Wildman–Crippen LogP) is 4.98. The lowest BCUT2D eigenvalue weighted by atomic mass is 9.92. The largest absolute Gasteiger partial charge is 0.385 e. The van der Waals surface area contributed by atoms with Gasteiger partial charge in [-0.3, -0.25) is 0 Å². The van der Waals surface area contributed by atoms with Gasteiger partial charge in [-0.25, -0.2) is 18.7 Å². The summed E-state index contributed by atoms with van der Waals surface area (Å²) in [7, 11) is 0. The van der Waals surface area contributed by atoms with Crippen LogP contribution in [0.5, 0.6) is 0 Å². The Morgan fingerprint density at radius 1 is 1.17 bits per heavy atom. The van der Waals surface area contributed by atoms with Gasteiger partial charge in [-0.2, -0.15) is 10.2 Å². The maximum atomic E-state index is 13.7. The lowest BCUT2D eigenvalue weighted by molar-refractivity contribution is 0.363. The summed E-state index contributed by atoms with van der Waals surface area (Å²) in [5, 5.41) is 15.8. The van der Waals surface area contributed by atoms with E-state index in [1.54, 1.807) is 12.4 Å². The van der Waals surface area contributed by atoms with Crippen LogP contribution in [0.3, 0.4) is 0 Å². The molecule has 0 bridgehead atoms. The van der Waals surface area contributed by atoms with E-state index in [0.29, 0.717) is 41.7 Å². The fraction of sp³-hybridized carbons (Fsp3) is 0.480. The topological polar surface area (TPSA) is 104 Å². The van der Waals surface area contributed by atoms with Crippen LogP contribution in [-0.4, -0.2) is 39.7 Å². The molecule has 10 heteroatoms. The number of hydrogen-bond donors (Lipinski definition) is 1. The van der Waals surface area contributed by atoms with Crippen LogP contribution >= 0.6 is 0 Å². The van der Waals surface area contributed by atoms with Crippen LogP contribution in [0, 0.1) is 34.8 Å². The SMILES string of the molecule is CC(C)Cc1nc(-c2cnc(N3CCC(CCCNc4cc(F)c(C#N)c(F)c4)CC3)nc2)no1. The molecule has 8 nitrogen and oxygen atoms in total. The highest BCUT2D eigenvalue weighted by Crippen LogP contribution is 2.25. The molecule has 3 aromatic rings. The van der Waals surface area contributed by atoms with Gasteiger partial charge < -0.3 is 14.7 Å². The van der Waals surface area contributed by atoms with Gasteiger partial charge >= 0.3 is 0 Å². The molecule has 0 spiro atoms. The standard InChI is InChI=1S/C25H29F2N7O/c1-16(2)10-23-32-24(33-35-23)18-14-30-25(31-15-18)34-8-5-17(6-9-34)4-3-7-29-19-11-21(26)20(13-28)22(27)12-19/h11-12,14-17,29H,3-10H2,1-2H3. The minimum atomic E-state index is -0.842. The van der Waals surface area contributed by atoms with Crippen molar-refractivity contribution in [2.45, 2.75) is 46.0 Å². The van der Waals surface area contributed by atoms with Gasteiger partial charge in [-0.1, -0.05) is 19.0 Å². The van der Waals surface area contributed by atoms with Crippen LogP contribution in [0.2, 0.25) is 0 Å². The van der Waals surface area contributed by atoms with E-state index in [1.165, 1.54) is 6.07 Å². The van der Waals surface area contributed by atoms with Gasteiger partial charge in [0, 0.05) is 44.1 Å². The van der Waals surface area contributed by atoms with Crippen LogP contribution in [-0.2, 0) is 6.42 Å². The van der Waals surface area contributed by atoms with Crippen LogP contribution in [0.25, 0.3) is 11.4 Å². The normalized spacial score (nSPS) is 14.3. The van der Waals surface area contributed by atoms with Crippen LogP contribution in [0.4, 0.5) is 20.4 Å². The molecule has 1 aliphatic heterocycles. The third-order valence-electron chi connectivity index (χ3n) is 6.12. The van der Waals surface area contributed by atoms with E-state index >= 15 is 0 Å². The second-order valence-corrected chi connectivity index (χ2v) is 9.31. The molecule has 4 rings (SSSR count). The average molecular weight is 482 g/mol. The number of benzene rings is 1. The van der Waals surface area contributed by atoms with Crippen LogP contribution in [0.15, 0.2) is 29.0 Å². The summed E-state index contributed by atoms with van der Waals surface area (Å²) in [5.74, 6) is 1.16. The van der Waals surface area contributed by atoms with E-state index in [4.69, 9.17) is 9.78 Å². The van der Waals surface area contributed by atoms with Crippen molar-refractivity contribution in [1.29, 1.82) is 5.26 Å². The highest BCUT2D eigenvalue weighted by molar-refractivity contribution is 5.52. The van der Waals surface area contributed by atoms with Crippen molar-refractivity contribution >= 4 is 11.6 Å². The van der Waals surface area contributed by atoms with E-state index in [2.05, 4.69) is 44.2 Å². The Balaban J connectivity index is 1.20. The second-order valence-electron chi connectivity index (χ2n) is 9.31. The van der Waals surface area contributed by atoms with Gasteiger partial charge in [0.15, 0.2) is 0 Å². The summed E-state index contributed by atoms with van der Waals surface area (Å²) in [6.07, 6.45) is 8.20. The third-order valence-corrected chi connectivity index (χ3v) is 6.12. The lowest BCUT2D eigenvalue weighted by Gasteiger charge is -2.32. The first-order chi connectivity index (χ1) is 16.9. The molecule has 184 valence electrons. The monoisotopic (exact) mass is 481 g/mol. The molecule has 0 amide bonds. The summed E-state index contributed by atoms with van der Waals surface area (Å²) in [5.41, 5.74) is 0.537. The molecule has 1 saturated heterocycles. The summed E-state index contributed by atoms with van der Waals surface area (Å²) in [6, 6.07) is 3.86. The van der Waals surface area contributed by atoms with E-state index in [1.807, 2.05) is 0 Å². The first-order valence-corrected chi connectivity index (χ1v) is 12.0. The minimum Gasteiger partial charge on any atom is -0.385 e. The van der Waals surface area contributed by atoms with E-state index in [-0.39, 0.29) is 0 Å². The van der Waals surface area contributed by atoms with Gasteiger partial charge in [0.05, 0.1) is 5.56 Å². The van der Waals surface area contributed by atoms with E-state index < -0.39 is 17.2 Å². The molecule has 0 unspecified atom stereocenters. The van der Waals surface area contributed by atoms with Gasteiger partial charge in [-0.15, -0.1) is 0 Å². The van der Waals surface area contributed by atoms with Crippen molar-refractivity contribution in [3.05, 3.63) is 47.6 Å². The Hall–Kier alpha value is -3.61. The summed E-state index contributed by atoms with van der Waals surface area (Å²) < 4.78 is 32.7. The average Bonchev–Trinajstić information content (AvgIpc) is 3.30. The number of halogens is 2. The zero-order chi connectivity index (χ0) is 24.8. The zero-order valence-electron chi connectivity index (χ0n) is 20.0. The smallest absolute Gasteiger partial charge is 0.227 e. The molecule has 0 atom stereocenters. The predicted molar refractivity (Wildman–Crippen MR) is 128 cm³/mol. The maximum absolute atomic E-state index is 13.7. The number of rotatable bonds is 9. The molecule has 0 radical (unpaired) electrons. The Morgan fingerprint density at radius 2 is 1.86 bits per heavy atom. The summed E-state index contributed by atoms with van der Waals surface area (Å²) in [4.78, 5) is 15.6. The zero-order valence-corrected chi connectivity index (χ0v) is 20.0. The molecule has 1 aromatic carbocycles. The number of piperidine rings is 1. The van der Waals surface area contributed by atoms with Crippen molar-refractivity contribution in [3.63, 3.8) is 0 Å². The van der Waals surface area contributed by atoms with Crippen LogP contribution in [0.1, 0.15) is 51.0 Å². The molecular formula is C25H29F2N7O. The van der Waals surface area contributed by atoms with Crippen molar-refractivity contribution in [3.8, 4) is 17.5 Å². The molecule has 35 heavy (non-hydrogen) atoms. The van der Waals surface area contributed by atoms with Gasteiger partial charge in [0.1, 0.15) is 23.3 Å². The summed E-state index contributed by atoms with van der Waals surface area (Å²) >= 11 is 0. The molecule has 2 aromatic heterocycles. The fourth-order valence-corrected chi connectivity index (χ4v) is 4.23. The number of hydrogen-bond acceptors (Lipinski definition) is 8. The minimum absolute atomic E-state index is 0.353. The number of aromatic nitrogens is 4. The van der Waals surface area contributed by atoms with Gasteiger partial charge in [0.2, 0.25) is 17.7 Å². The number of nitrogens with one attached hydrogen (secondary N) is 1.